The number of nitrogens with one attached hydrogen (secondary N) is 1. The highest BCUT2D eigenvalue weighted by atomic mass is 16.2. The molecule has 16 heavy (non-hydrogen) atoms. The van der Waals surface area contributed by atoms with Gasteiger partial charge in [0.25, 0.3) is 5.91 Å². The maximum Gasteiger partial charge on any atom is 0.269 e. The van der Waals surface area contributed by atoms with E-state index in [4.69, 9.17) is 0 Å². The molecule has 0 saturated carbocycles. The lowest BCUT2D eigenvalue weighted by atomic mass is 10.2. The van der Waals surface area contributed by atoms with E-state index < -0.39 is 0 Å². The summed E-state index contributed by atoms with van der Waals surface area (Å²) in [4.78, 5) is 12.0. The van der Waals surface area contributed by atoms with Crippen LogP contribution in [0.15, 0.2) is 6.07 Å². The highest BCUT2D eigenvalue weighted by Crippen LogP contribution is 2.06. The highest BCUT2D eigenvalue weighted by molar-refractivity contribution is 5.92. The molecular weight excluding hydrogens is 202 g/mol. The molecule has 0 saturated heterocycles. The Kier molecular flexibility index (Phi) is 4.52. The molecule has 0 aliphatic carbocycles. The Labute approximate surface area is 97.0 Å². The van der Waals surface area contributed by atoms with Crippen LogP contribution in [0.4, 0.5) is 0 Å². The van der Waals surface area contributed by atoms with Crippen molar-refractivity contribution in [3.05, 3.63) is 17.5 Å². The molecule has 1 aromatic heterocycles. The van der Waals surface area contributed by atoms with E-state index in [1.165, 1.54) is 0 Å². The summed E-state index contributed by atoms with van der Waals surface area (Å²) in [6.07, 6.45) is 1.79. The molecule has 0 aliphatic rings. The molecular formula is C12H21N3O. The van der Waals surface area contributed by atoms with Crippen LogP contribution in [-0.4, -0.2) is 21.7 Å². The van der Waals surface area contributed by atoms with Crippen LogP contribution in [0.2, 0.25) is 0 Å². The number of aryl methyl sites for hydroxylation is 2. The molecule has 1 amide bonds. The molecule has 1 aromatic rings. The molecule has 1 N–H and O–H groups in total. The SMILES string of the molecule is CCc1cc(C(=O)NC(C)CC)n(CC)n1. The molecule has 1 unspecified atom stereocenters. The van der Waals surface area contributed by atoms with Gasteiger partial charge < -0.3 is 5.32 Å². The predicted molar refractivity (Wildman–Crippen MR) is 64.5 cm³/mol. The van der Waals surface area contributed by atoms with E-state index in [1.807, 2.05) is 26.8 Å². The van der Waals surface area contributed by atoms with Gasteiger partial charge in [0.15, 0.2) is 0 Å². The van der Waals surface area contributed by atoms with E-state index in [9.17, 15) is 4.79 Å². The van der Waals surface area contributed by atoms with E-state index >= 15 is 0 Å². The average molecular weight is 223 g/mol. The van der Waals surface area contributed by atoms with Crippen LogP contribution < -0.4 is 5.32 Å². The number of amides is 1. The molecule has 0 aromatic carbocycles. The molecule has 4 nitrogen and oxygen atoms in total. The second kappa shape index (κ2) is 5.68. The Morgan fingerprint density at radius 3 is 2.69 bits per heavy atom. The number of carbonyl (C=O) groups excluding carboxylic acids is 1. The average Bonchev–Trinajstić information content (AvgIpc) is 2.71. The van der Waals surface area contributed by atoms with Crippen molar-refractivity contribution < 1.29 is 4.79 Å². The Morgan fingerprint density at radius 1 is 1.50 bits per heavy atom. The molecule has 4 heteroatoms. The van der Waals surface area contributed by atoms with E-state index in [1.54, 1.807) is 4.68 Å². The highest BCUT2D eigenvalue weighted by Gasteiger charge is 2.14. The topological polar surface area (TPSA) is 46.9 Å². The third-order valence-electron chi connectivity index (χ3n) is 2.71. The first-order valence-electron chi connectivity index (χ1n) is 5.99. The maximum atomic E-state index is 12.0. The van der Waals surface area contributed by atoms with E-state index in [2.05, 4.69) is 17.3 Å². The molecule has 1 heterocycles. The summed E-state index contributed by atoms with van der Waals surface area (Å²) in [6, 6.07) is 2.08. The van der Waals surface area contributed by atoms with Crippen molar-refractivity contribution in [1.82, 2.24) is 15.1 Å². The Bertz CT molecular complexity index is 357. The fourth-order valence-corrected chi connectivity index (χ4v) is 1.47. The standard InChI is InChI=1S/C12H21N3O/c1-5-9(4)13-12(16)11-8-10(6-2)14-15(11)7-3/h8-9H,5-7H2,1-4H3,(H,13,16). The van der Waals surface area contributed by atoms with Gasteiger partial charge in [0.05, 0.1) is 5.69 Å². The number of rotatable bonds is 5. The molecule has 0 radical (unpaired) electrons. The summed E-state index contributed by atoms with van der Waals surface area (Å²) >= 11 is 0. The molecule has 0 bridgehead atoms. The zero-order valence-electron chi connectivity index (χ0n) is 10.6. The number of carbonyl (C=O) groups is 1. The molecule has 0 aliphatic heterocycles. The molecule has 1 rings (SSSR count). The minimum Gasteiger partial charge on any atom is -0.348 e. The van der Waals surface area contributed by atoms with Crippen LogP contribution in [0.5, 0.6) is 0 Å². The van der Waals surface area contributed by atoms with Crippen molar-refractivity contribution in [1.29, 1.82) is 0 Å². The van der Waals surface area contributed by atoms with Crippen LogP contribution in [0.1, 0.15) is 50.3 Å². The lowest BCUT2D eigenvalue weighted by Crippen LogP contribution is -2.33. The summed E-state index contributed by atoms with van der Waals surface area (Å²) in [5.74, 6) is -0.0246. The van der Waals surface area contributed by atoms with Gasteiger partial charge in [0, 0.05) is 12.6 Å². The Balaban J connectivity index is 2.85. The predicted octanol–water partition coefficient (Wildman–Crippen LogP) is 1.99. The van der Waals surface area contributed by atoms with Crippen LogP contribution in [0.3, 0.4) is 0 Å². The zero-order valence-corrected chi connectivity index (χ0v) is 10.6. The van der Waals surface area contributed by atoms with Gasteiger partial charge in [0.2, 0.25) is 0 Å². The molecule has 90 valence electrons. The second-order valence-corrected chi connectivity index (χ2v) is 3.97. The maximum absolute atomic E-state index is 12.0. The minimum atomic E-state index is -0.0246. The number of hydrogen-bond acceptors (Lipinski definition) is 2. The third-order valence-corrected chi connectivity index (χ3v) is 2.71. The van der Waals surface area contributed by atoms with Crippen LogP contribution in [-0.2, 0) is 13.0 Å². The first-order chi connectivity index (χ1) is 7.62. The van der Waals surface area contributed by atoms with Crippen LogP contribution in [0, 0.1) is 0 Å². The van der Waals surface area contributed by atoms with Gasteiger partial charge in [-0.15, -0.1) is 0 Å². The summed E-state index contributed by atoms with van der Waals surface area (Å²) < 4.78 is 1.76. The fourth-order valence-electron chi connectivity index (χ4n) is 1.47. The number of hydrogen-bond donors (Lipinski definition) is 1. The summed E-state index contributed by atoms with van der Waals surface area (Å²) in [5.41, 5.74) is 1.64. The van der Waals surface area contributed by atoms with Gasteiger partial charge in [-0.1, -0.05) is 13.8 Å². The summed E-state index contributed by atoms with van der Waals surface area (Å²) in [7, 11) is 0. The smallest absolute Gasteiger partial charge is 0.269 e. The van der Waals surface area contributed by atoms with Gasteiger partial charge in [-0.2, -0.15) is 5.10 Å². The molecule has 0 spiro atoms. The van der Waals surface area contributed by atoms with E-state index in [0.29, 0.717) is 5.69 Å². The lowest BCUT2D eigenvalue weighted by Gasteiger charge is -2.11. The van der Waals surface area contributed by atoms with Gasteiger partial charge in [-0.25, -0.2) is 0 Å². The van der Waals surface area contributed by atoms with Gasteiger partial charge >= 0.3 is 0 Å². The normalized spacial score (nSPS) is 12.5. The van der Waals surface area contributed by atoms with Crippen molar-refractivity contribution in [2.75, 3.05) is 0 Å². The quantitative estimate of drug-likeness (QED) is 0.830. The van der Waals surface area contributed by atoms with Crippen molar-refractivity contribution in [2.45, 2.75) is 53.1 Å². The van der Waals surface area contributed by atoms with Gasteiger partial charge in [-0.05, 0) is 32.8 Å². The van der Waals surface area contributed by atoms with Crippen molar-refractivity contribution in [3.63, 3.8) is 0 Å². The van der Waals surface area contributed by atoms with E-state index in [0.717, 1.165) is 25.1 Å². The van der Waals surface area contributed by atoms with Gasteiger partial charge in [0.1, 0.15) is 5.69 Å². The third kappa shape index (κ3) is 2.84. The molecule has 1 atom stereocenters. The molecule has 0 fully saturated rings. The Hall–Kier alpha value is -1.32. The number of aromatic nitrogens is 2. The first-order valence-corrected chi connectivity index (χ1v) is 5.99. The van der Waals surface area contributed by atoms with Crippen molar-refractivity contribution in [3.8, 4) is 0 Å². The van der Waals surface area contributed by atoms with Gasteiger partial charge in [-0.3, -0.25) is 9.48 Å². The summed E-state index contributed by atoms with van der Waals surface area (Å²) in [5, 5.41) is 7.32. The minimum absolute atomic E-state index is 0.0246. The lowest BCUT2D eigenvalue weighted by molar-refractivity contribution is 0.0928. The second-order valence-electron chi connectivity index (χ2n) is 3.97. The monoisotopic (exact) mass is 223 g/mol. The zero-order chi connectivity index (χ0) is 12.1. The first kappa shape index (κ1) is 12.7. The van der Waals surface area contributed by atoms with Crippen molar-refractivity contribution in [2.24, 2.45) is 0 Å². The van der Waals surface area contributed by atoms with Crippen LogP contribution in [0.25, 0.3) is 0 Å². The van der Waals surface area contributed by atoms with E-state index in [-0.39, 0.29) is 11.9 Å². The summed E-state index contributed by atoms with van der Waals surface area (Å²) in [6.45, 7) is 8.82. The van der Waals surface area contributed by atoms with Crippen LogP contribution >= 0.6 is 0 Å². The van der Waals surface area contributed by atoms with Crippen molar-refractivity contribution >= 4 is 5.91 Å². The number of nitrogens with zero attached hydrogens (tertiary/aromatic N) is 2. The Morgan fingerprint density at radius 2 is 2.19 bits per heavy atom. The largest absolute Gasteiger partial charge is 0.348 e. The fraction of sp³-hybridized carbons (Fsp3) is 0.667.